The van der Waals surface area contributed by atoms with Crippen LogP contribution in [0.15, 0.2) is 73.3 Å². The molecule has 0 saturated carbocycles. The molecule has 260 valence electrons. The molecule has 2 saturated heterocycles. The molecule has 0 amide bonds. The Morgan fingerprint density at radius 1 is 0.531 bits per heavy atom. The molecule has 4 heterocycles. The van der Waals surface area contributed by atoms with Crippen LogP contribution in [0, 0.1) is 0 Å². The van der Waals surface area contributed by atoms with Crippen molar-refractivity contribution in [2.75, 3.05) is 57.3 Å². The van der Waals surface area contributed by atoms with Crippen LogP contribution in [-0.4, -0.2) is 82.1 Å². The van der Waals surface area contributed by atoms with Gasteiger partial charge in [-0.3, -0.25) is 9.80 Å². The van der Waals surface area contributed by atoms with Crippen molar-refractivity contribution in [2.24, 2.45) is 0 Å². The van der Waals surface area contributed by atoms with Crippen LogP contribution in [0.1, 0.15) is 72.2 Å². The van der Waals surface area contributed by atoms with Gasteiger partial charge < -0.3 is 10.2 Å². The lowest BCUT2D eigenvalue weighted by Gasteiger charge is -2.27. The minimum Gasteiger partial charge on any atom is -0.355 e. The van der Waals surface area contributed by atoms with E-state index in [4.69, 9.17) is 11.6 Å². The minimum absolute atomic E-state index is 0.648. The SMILES string of the molecule is Clc1ncnc2c1CCCC2.c1ccc(CN2CCCN(c3ncnc4c3CCCC4)CC2)cc1.c1ccc(CN2CCCNCC2)cc1. The van der Waals surface area contributed by atoms with Gasteiger partial charge in [-0.1, -0.05) is 72.3 Å². The summed E-state index contributed by atoms with van der Waals surface area (Å²) in [7, 11) is 0. The third kappa shape index (κ3) is 10.8. The molecule has 4 aliphatic rings. The highest BCUT2D eigenvalue weighted by Crippen LogP contribution is 2.28. The first-order valence-electron chi connectivity index (χ1n) is 18.5. The maximum atomic E-state index is 5.89. The average Bonchev–Trinajstić information content (AvgIpc) is 3.56. The second kappa shape index (κ2) is 19.1. The monoisotopic (exact) mass is 680 g/mol. The summed E-state index contributed by atoms with van der Waals surface area (Å²) in [6.45, 7) is 11.3. The molecule has 1 N–H and O–H groups in total. The van der Waals surface area contributed by atoms with Crippen LogP contribution in [0.5, 0.6) is 0 Å². The molecule has 9 heteroatoms. The summed E-state index contributed by atoms with van der Waals surface area (Å²) < 4.78 is 0. The number of hydrogen-bond acceptors (Lipinski definition) is 8. The Hall–Kier alpha value is -3.43. The smallest absolute Gasteiger partial charge is 0.135 e. The number of halogens is 1. The van der Waals surface area contributed by atoms with E-state index in [1.165, 1.54) is 98.5 Å². The largest absolute Gasteiger partial charge is 0.355 e. The van der Waals surface area contributed by atoms with Gasteiger partial charge >= 0.3 is 0 Å². The molecule has 49 heavy (non-hydrogen) atoms. The number of nitrogens with one attached hydrogen (secondary N) is 1. The molecule has 8 rings (SSSR count). The highest BCUT2D eigenvalue weighted by Gasteiger charge is 2.22. The maximum Gasteiger partial charge on any atom is 0.135 e. The Labute approximate surface area is 298 Å². The third-order valence-corrected chi connectivity index (χ3v) is 10.3. The van der Waals surface area contributed by atoms with Gasteiger partial charge in [-0.05, 0) is 88.4 Å². The van der Waals surface area contributed by atoms with E-state index in [1.807, 2.05) is 0 Å². The van der Waals surface area contributed by atoms with Crippen LogP contribution in [-0.2, 0) is 38.8 Å². The van der Waals surface area contributed by atoms with Gasteiger partial charge in [-0.2, -0.15) is 0 Å². The molecule has 2 aromatic heterocycles. The van der Waals surface area contributed by atoms with E-state index >= 15 is 0 Å². The van der Waals surface area contributed by atoms with Crippen LogP contribution in [0.4, 0.5) is 5.82 Å². The average molecular weight is 681 g/mol. The molecule has 0 spiro atoms. The summed E-state index contributed by atoms with van der Waals surface area (Å²) in [4.78, 5) is 24.9. The fourth-order valence-corrected chi connectivity index (χ4v) is 7.59. The highest BCUT2D eigenvalue weighted by molar-refractivity contribution is 6.30. The number of aryl methyl sites for hydroxylation is 2. The molecule has 2 aromatic carbocycles. The maximum absolute atomic E-state index is 5.89. The van der Waals surface area contributed by atoms with E-state index in [1.54, 1.807) is 12.7 Å². The minimum atomic E-state index is 0.648. The van der Waals surface area contributed by atoms with Crippen molar-refractivity contribution in [3.8, 4) is 0 Å². The Balaban J connectivity index is 0.000000141. The van der Waals surface area contributed by atoms with E-state index in [-0.39, 0.29) is 0 Å². The van der Waals surface area contributed by atoms with Crippen molar-refractivity contribution in [1.29, 1.82) is 0 Å². The fourth-order valence-electron chi connectivity index (χ4n) is 7.34. The topological polar surface area (TPSA) is 73.3 Å². The number of nitrogens with zero attached hydrogens (tertiary/aromatic N) is 7. The molecule has 8 nitrogen and oxygen atoms in total. The van der Waals surface area contributed by atoms with E-state index < -0.39 is 0 Å². The summed E-state index contributed by atoms with van der Waals surface area (Å²) >= 11 is 5.89. The first-order valence-corrected chi connectivity index (χ1v) is 18.9. The predicted molar refractivity (Wildman–Crippen MR) is 200 cm³/mol. The normalized spacial score (nSPS) is 18.3. The van der Waals surface area contributed by atoms with Crippen LogP contribution in [0.3, 0.4) is 0 Å². The third-order valence-electron chi connectivity index (χ3n) is 9.99. The van der Waals surface area contributed by atoms with Gasteiger partial charge in [0.2, 0.25) is 0 Å². The molecule has 0 unspecified atom stereocenters. The number of anilines is 1. The number of benzene rings is 2. The van der Waals surface area contributed by atoms with Crippen LogP contribution < -0.4 is 10.2 Å². The number of aromatic nitrogens is 4. The summed E-state index contributed by atoms with van der Waals surface area (Å²) in [5, 5.41) is 4.07. The lowest BCUT2D eigenvalue weighted by molar-refractivity contribution is 0.284. The highest BCUT2D eigenvalue weighted by atomic mass is 35.5. The number of rotatable bonds is 5. The second-order valence-corrected chi connectivity index (χ2v) is 14.0. The Morgan fingerprint density at radius 2 is 1.12 bits per heavy atom. The quantitative estimate of drug-likeness (QED) is 0.238. The zero-order valence-electron chi connectivity index (χ0n) is 29.1. The van der Waals surface area contributed by atoms with E-state index in [0.29, 0.717) is 5.15 Å². The van der Waals surface area contributed by atoms with E-state index in [9.17, 15) is 0 Å². The molecule has 2 aliphatic carbocycles. The zero-order valence-corrected chi connectivity index (χ0v) is 29.8. The van der Waals surface area contributed by atoms with Crippen molar-refractivity contribution in [3.05, 3.63) is 112 Å². The van der Waals surface area contributed by atoms with Crippen molar-refractivity contribution < 1.29 is 0 Å². The Morgan fingerprint density at radius 3 is 1.82 bits per heavy atom. The number of fused-ring (bicyclic) bond motifs is 2. The predicted octanol–water partition coefficient (Wildman–Crippen LogP) is 6.56. The van der Waals surface area contributed by atoms with Gasteiger partial charge in [0.05, 0.1) is 0 Å². The standard InChI is InChI=1S/C20H26N4.C12H18N2.C8H9ClN2/c1-2-7-17(8-3-1)15-23-11-6-12-24(14-13-23)20-18-9-4-5-10-19(18)21-16-22-20;1-2-5-12(6-3-1)11-14-9-4-7-13-8-10-14;9-8-6-3-1-2-4-7(6)10-5-11-8/h1-3,7-8,16H,4-6,9-15H2;1-3,5-6,13H,4,7-11H2;5H,1-4H2. The lowest BCUT2D eigenvalue weighted by atomic mass is 9.96. The summed E-state index contributed by atoms with van der Waals surface area (Å²) in [5.41, 5.74) is 7.85. The van der Waals surface area contributed by atoms with E-state index in [2.05, 4.69) is 101 Å². The lowest BCUT2D eigenvalue weighted by Crippen LogP contribution is -2.32. The van der Waals surface area contributed by atoms with Crippen LogP contribution in [0.25, 0.3) is 0 Å². The first kappa shape index (κ1) is 35.4. The van der Waals surface area contributed by atoms with Gasteiger partial charge in [0.25, 0.3) is 0 Å². The fraction of sp³-hybridized carbons (Fsp3) is 0.500. The summed E-state index contributed by atoms with van der Waals surface area (Å²) in [5.74, 6) is 1.21. The molecule has 0 bridgehead atoms. The van der Waals surface area contributed by atoms with Crippen molar-refractivity contribution >= 4 is 17.4 Å². The van der Waals surface area contributed by atoms with Gasteiger partial charge in [0.1, 0.15) is 23.6 Å². The van der Waals surface area contributed by atoms with Crippen molar-refractivity contribution in [2.45, 2.75) is 77.3 Å². The van der Waals surface area contributed by atoms with Gasteiger partial charge in [-0.15, -0.1) is 0 Å². The van der Waals surface area contributed by atoms with E-state index in [0.717, 1.165) is 70.6 Å². The van der Waals surface area contributed by atoms with Gasteiger partial charge in [-0.25, -0.2) is 19.9 Å². The molecule has 2 aliphatic heterocycles. The van der Waals surface area contributed by atoms with Crippen LogP contribution >= 0.6 is 11.6 Å². The molecule has 0 atom stereocenters. The van der Waals surface area contributed by atoms with Crippen molar-refractivity contribution in [1.82, 2.24) is 35.1 Å². The second-order valence-electron chi connectivity index (χ2n) is 13.6. The Bertz CT molecular complexity index is 1540. The Kier molecular flexibility index (Phi) is 13.8. The van der Waals surface area contributed by atoms with Crippen LogP contribution in [0.2, 0.25) is 5.15 Å². The number of hydrogen-bond donors (Lipinski definition) is 1. The van der Waals surface area contributed by atoms with Crippen molar-refractivity contribution in [3.63, 3.8) is 0 Å². The summed E-state index contributed by atoms with van der Waals surface area (Å²) in [6, 6.07) is 21.5. The van der Waals surface area contributed by atoms with Gasteiger partial charge in [0.15, 0.2) is 0 Å². The molecule has 2 fully saturated rings. The molecule has 4 aromatic rings. The first-order chi connectivity index (χ1) is 24.2. The molecule has 0 radical (unpaired) electrons. The molecular weight excluding hydrogens is 628 g/mol. The van der Waals surface area contributed by atoms with Gasteiger partial charge in [0, 0.05) is 74.9 Å². The zero-order chi connectivity index (χ0) is 33.5. The summed E-state index contributed by atoms with van der Waals surface area (Å²) in [6.07, 6.45) is 15.2. The molecular formula is C40H53ClN8.